The number of allylic oxidation sites excluding steroid dienone is 4. The molecule has 0 aromatic rings. The molecule has 2 aliphatic rings. The molecule has 0 aliphatic heterocycles. The average molecular weight is 259 g/mol. The standard InChI is InChI=1S/C19H31/c1-13-10-11-14(2)17(16(13)4)18-15(3)9-7-8-12-19(18,5)6/h7-8,10,14-16,18H,9,11-12H2,1-6H3. The average Bonchev–Trinajstić information content (AvgIpc) is 2.46. The van der Waals surface area contributed by atoms with Crippen molar-refractivity contribution in [1.82, 2.24) is 0 Å². The van der Waals surface area contributed by atoms with Gasteiger partial charge in [0.25, 0.3) is 0 Å². The van der Waals surface area contributed by atoms with Gasteiger partial charge in [-0.05, 0) is 61.2 Å². The molecule has 0 saturated carbocycles. The van der Waals surface area contributed by atoms with Crippen molar-refractivity contribution in [2.75, 3.05) is 0 Å². The number of hydrogen-bond donors (Lipinski definition) is 0. The Balaban J connectivity index is 2.34. The molecule has 107 valence electrons. The summed E-state index contributed by atoms with van der Waals surface area (Å²) in [6.07, 6.45) is 11.0. The lowest BCUT2D eigenvalue weighted by Crippen LogP contribution is -2.40. The van der Waals surface area contributed by atoms with Crippen molar-refractivity contribution in [1.29, 1.82) is 0 Å². The molecule has 2 rings (SSSR count). The highest BCUT2D eigenvalue weighted by Crippen LogP contribution is 2.53. The highest BCUT2D eigenvalue weighted by Gasteiger charge is 2.44. The first kappa shape index (κ1) is 14.9. The highest BCUT2D eigenvalue weighted by molar-refractivity contribution is 5.25. The Labute approximate surface area is 120 Å². The predicted octanol–water partition coefficient (Wildman–Crippen LogP) is 5.81. The van der Waals surface area contributed by atoms with E-state index in [1.165, 1.54) is 19.3 Å². The highest BCUT2D eigenvalue weighted by atomic mass is 14.5. The van der Waals surface area contributed by atoms with Crippen LogP contribution in [0.5, 0.6) is 0 Å². The van der Waals surface area contributed by atoms with Crippen molar-refractivity contribution >= 4 is 0 Å². The minimum Gasteiger partial charge on any atom is -0.0882 e. The zero-order valence-corrected chi connectivity index (χ0v) is 13.7. The van der Waals surface area contributed by atoms with Gasteiger partial charge in [0.15, 0.2) is 0 Å². The molecule has 0 bridgehead atoms. The van der Waals surface area contributed by atoms with Gasteiger partial charge >= 0.3 is 0 Å². The van der Waals surface area contributed by atoms with Gasteiger partial charge in [-0.3, -0.25) is 0 Å². The molecule has 19 heavy (non-hydrogen) atoms. The Morgan fingerprint density at radius 2 is 1.74 bits per heavy atom. The second-order valence-corrected chi connectivity index (χ2v) is 7.66. The van der Waals surface area contributed by atoms with Gasteiger partial charge in [0.1, 0.15) is 0 Å². The maximum Gasteiger partial charge on any atom is -0.0102 e. The molecule has 2 aliphatic carbocycles. The first-order chi connectivity index (χ1) is 8.84. The Kier molecular flexibility index (Phi) is 4.28. The predicted molar refractivity (Wildman–Crippen MR) is 84.8 cm³/mol. The van der Waals surface area contributed by atoms with E-state index in [1.54, 1.807) is 5.57 Å². The third kappa shape index (κ3) is 2.83. The van der Waals surface area contributed by atoms with Crippen molar-refractivity contribution in [2.45, 2.75) is 60.8 Å². The second-order valence-electron chi connectivity index (χ2n) is 7.66. The molecule has 0 aromatic carbocycles. The maximum atomic E-state index is 2.48. The third-order valence-corrected chi connectivity index (χ3v) is 5.63. The Morgan fingerprint density at radius 1 is 1.05 bits per heavy atom. The molecule has 0 spiro atoms. The first-order valence-corrected chi connectivity index (χ1v) is 8.03. The summed E-state index contributed by atoms with van der Waals surface area (Å²) >= 11 is 0. The van der Waals surface area contributed by atoms with Crippen LogP contribution < -0.4 is 0 Å². The van der Waals surface area contributed by atoms with E-state index < -0.39 is 0 Å². The van der Waals surface area contributed by atoms with E-state index in [0.717, 1.165) is 17.8 Å². The van der Waals surface area contributed by atoms with E-state index in [1.807, 2.05) is 5.92 Å². The van der Waals surface area contributed by atoms with Crippen LogP contribution >= 0.6 is 0 Å². The summed E-state index contributed by atoms with van der Waals surface area (Å²) in [5.41, 5.74) is 2.00. The molecule has 4 unspecified atom stereocenters. The Bertz CT molecular complexity index is 371. The van der Waals surface area contributed by atoms with Crippen molar-refractivity contribution in [3.63, 3.8) is 0 Å². The molecular formula is C19H31. The lowest BCUT2D eigenvalue weighted by Gasteiger charge is -2.48. The van der Waals surface area contributed by atoms with Gasteiger partial charge in [-0.1, -0.05) is 58.4 Å². The van der Waals surface area contributed by atoms with Gasteiger partial charge in [0.2, 0.25) is 0 Å². The van der Waals surface area contributed by atoms with Crippen LogP contribution in [-0.2, 0) is 0 Å². The molecule has 0 fully saturated rings. The SMILES string of the molecule is CC1=CCC(C)[C](C2C(C)CC=CCC2(C)C)C1C. The quantitative estimate of drug-likeness (QED) is 0.521. The van der Waals surface area contributed by atoms with Gasteiger partial charge in [-0.2, -0.15) is 0 Å². The lowest BCUT2D eigenvalue weighted by atomic mass is 9.56. The van der Waals surface area contributed by atoms with Crippen molar-refractivity contribution in [3.8, 4) is 0 Å². The van der Waals surface area contributed by atoms with Crippen LogP contribution in [0.4, 0.5) is 0 Å². The summed E-state index contributed by atoms with van der Waals surface area (Å²) in [7, 11) is 0. The fourth-order valence-electron chi connectivity index (χ4n) is 4.45. The summed E-state index contributed by atoms with van der Waals surface area (Å²) in [6.45, 7) is 14.6. The summed E-state index contributed by atoms with van der Waals surface area (Å²) in [5.74, 6) is 4.80. The largest absolute Gasteiger partial charge is 0.0882 e. The van der Waals surface area contributed by atoms with E-state index in [9.17, 15) is 0 Å². The van der Waals surface area contributed by atoms with E-state index in [0.29, 0.717) is 11.3 Å². The summed E-state index contributed by atoms with van der Waals surface area (Å²) < 4.78 is 0. The summed E-state index contributed by atoms with van der Waals surface area (Å²) in [6, 6.07) is 0. The summed E-state index contributed by atoms with van der Waals surface area (Å²) in [5, 5.41) is 0. The smallest absolute Gasteiger partial charge is 0.0102 e. The lowest BCUT2D eigenvalue weighted by molar-refractivity contribution is 0.131. The van der Waals surface area contributed by atoms with Gasteiger partial charge in [-0.25, -0.2) is 0 Å². The van der Waals surface area contributed by atoms with Gasteiger partial charge in [-0.15, -0.1) is 0 Å². The summed E-state index contributed by atoms with van der Waals surface area (Å²) in [4.78, 5) is 0. The normalized spacial score (nSPS) is 39.8. The molecule has 0 aromatic heterocycles. The van der Waals surface area contributed by atoms with Gasteiger partial charge in [0, 0.05) is 0 Å². The van der Waals surface area contributed by atoms with Crippen LogP contribution in [0.1, 0.15) is 60.8 Å². The van der Waals surface area contributed by atoms with Crippen LogP contribution in [0, 0.1) is 35.0 Å². The second kappa shape index (κ2) is 5.46. The zero-order valence-electron chi connectivity index (χ0n) is 13.7. The number of rotatable bonds is 1. The molecule has 1 radical (unpaired) electrons. The van der Waals surface area contributed by atoms with Crippen LogP contribution in [0.3, 0.4) is 0 Å². The van der Waals surface area contributed by atoms with Crippen LogP contribution in [-0.4, -0.2) is 0 Å². The van der Waals surface area contributed by atoms with E-state index >= 15 is 0 Å². The molecular weight excluding hydrogens is 228 g/mol. The van der Waals surface area contributed by atoms with Crippen LogP contribution in [0.15, 0.2) is 23.8 Å². The molecule has 0 nitrogen and oxygen atoms in total. The topological polar surface area (TPSA) is 0 Å². The monoisotopic (exact) mass is 259 g/mol. The minimum absolute atomic E-state index is 0.405. The fraction of sp³-hybridized carbons (Fsp3) is 0.737. The molecule has 0 saturated heterocycles. The van der Waals surface area contributed by atoms with Crippen molar-refractivity contribution < 1.29 is 0 Å². The minimum atomic E-state index is 0.405. The van der Waals surface area contributed by atoms with Crippen molar-refractivity contribution in [3.05, 3.63) is 29.7 Å². The van der Waals surface area contributed by atoms with Gasteiger partial charge < -0.3 is 0 Å². The van der Waals surface area contributed by atoms with Crippen molar-refractivity contribution in [2.24, 2.45) is 29.1 Å². The van der Waals surface area contributed by atoms with Crippen LogP contribution in [0.2, 0.25) is 0 Å². The van der Waals surface area contributed by atoms with E-state index in [2.05, 4.69) is 59.8 Å². The zero-order chi connectivity index (χ0) is 14.2. The molecule has 0 amide bonds. The molecule has 0 heterocycles. The van der Waals surface area contributed by atoms with Gasteiger partial charge in [0.05, 0.1) is 0 Å². The third-order valence-electron chi connectivity index (χ3n) is 5.63. The Hall–Kier alpha value is -0.520. The molecule has 0 heteroatoms. The maximum absolute atomic E-state index is 2.48. The molecule has 4 atom stereocenters. The first-order valence-electron chi connectivity index (χ1n) is 8.03. The van der Waals surface area contributed by atoms with Crippen LogP contribution in [0.25, 0.3) is 0 Å². The van der Waals surface area contributed by atoms with E-state index in [-0.39, 0.29) is 0 Å². The fourth-order valence-corrected chi connectivity index (χ4v) is 4.45. The molecule has 0 N–H and O–H groups in total. The van der Waals surface area contributed by atoms with E-state index in [4.69, 9.17) is 0 Å². The number of hydrogen-bond acceptors (Lipinski definition) is 0. The Morgan fingerprint density at radius 3 is 2.42 bits per heavy atom.